The Labute approximate surface area is 84.4 Å². The lowest BCUT2D eigenvalue weighted by atomic mass is 9.97. The molecule has 3 heteroatoms. The lowest BCUT2D eigenvalue weighted by Gasteiger charge is -2.44. The smallest absolute Gasteiger partial charge is 0.0872 e. The minimum Gasteiger partial charge on any atom is -0.388 e. The zero-order chi connectivity index (χ0) is 10.2. The highest BCUT2D eigenvalue weighted by Crippen LogP contribution is 2.21. The lowest BCUT2D eigenvalue weighted by molar-refractivity contribution is -0.0875. The molecule has 0 radical (unpaired) electrons. The van der Waals surface area contributed by atoms with Crippen molar-refractivity contribution < 1.29 is 5.11 Å². The van der Waals surface area contributed by atoms with E-state index in [9.17, 15) is 5.11 Å². The van der Waals surface area contributed by atoms with Crippen molar-refractivity contribution in [2.45, 2.75) is 26.0 Å². The van der Waals surface area contributed by atoms with Gasteiger partial charge in [-0.2, -0.15) is 0 Å². The molecule has 76 valence electrons. The minimum absolute atomic E-state index is 0.481. The van der Waals surface area contributed by atoms with Crippen LogP contribution in [0.1, 0.15) is 18.2 Å². The Morgan fingerprint density at radius 3 is 2.71 bits per heavy atom. The van der Waals surface area contributed by atoms with E-state index in [1.165, 1.54) is 5.56 Å². The molecule has 0 bridgehead atoms. The molecule has 1 aromatic rings. The van der Waals surface area contributed by atoms with Crippen LogP contribution in [0.3, 0.4) is 0 Å². The van der Waals surface area contributed by atoms with Gasteiger partial charge in [0.05, 0.1) is 11.3 Å². The topological polar surface area (TPSA) is 36.4 Å². The van der Waals surface area contributed by atoms with Crippen LogP contribution in [0.2, 0.25) is 0 Å². The van der Waals surface area contributed by atoms with E-state index < -0.39 is 5.60 Å². The van der Waals surface area contributed by atoms with E-state index in [-0.39, 0.29) is 0 Å². The summed E-state index contributed by atoms with van der Waals surface area (Å²) in [4.78, 5) is 6.52. The van der Waals surface area contributed by atoms with Gasteiger partial charge in [-0.15, -0.1) is 0 Å². The number of pyridine rings is 1. The molecule has 1 aromatic heterocycles. The molecular weight excluding hydrogens is 176 g/mol. The van der Waals surface area contributed by atoms with Crippen molar-refractivity contribution in [3.8, 4) is 0 Å². The van der Waals surface area contributed by atoms with Crippen LogP contribution in [0.4, 0.5) is 0 Å². The van der Waals surface area contributed by atoms with Gasteiger partial charge in [0.25, 0.3) is 0 Å². The van der Waals surface area contributed by atoms with E-state index in [0.717, 1.165) is 25.3 Å². The normalized spacial score (nSPS) is 20.5. The Bertz CT molecular complexity index is 311. The summed E-state index contributed by atoms with van der Waals surface area (Å²) >= 11 is 0. The second kappa shape index (κ2) is 3.33. The number of aryl methyl sites for hydroxylation is 1. The number of β-amino-alcohol motifs (C(OH)–C–C–N with tert-alkyl or cyclic N) is 1. The van der Waals surface area contributed by atoms with Crippen LogP contribution in [-0.2, 0) is 6.54 Å². The summed E-state index contributed by atoms with van der Waals surface area (Å²) in [6, 6.07) is 4.11. The summed E-state index contributed by atoms with van der Waals surface area (Å²) in [6.45, 7) is 6.25. The Kier molecular flexibility index (Phi) is 2.29. The van der Waals surface area contributed by atoms with Crippen LogP contribution in [0.15, 0.2) is 18.3 Å². The summed E-state index contributed by atoms with van der Waals surface area (Å²) in [5.74, 6) is 0. The van der Waals surface area contributed by atoms with Crippen molar-refractivity contribution in [2.24, 2.45) is 0 Å². The van der Waals surface area contributed by atoms with Crippen molar-refractivity contribution >= 4 is 0 Å². The van der Waals surface area contributed by atoms with Crippen LogP contribution < -0.4 is 0 Å². The summed E-state index contributed by atoms with van der Waals surface area (Å²) in [5, 5.41) is 9.54. The highest BCUT2D eigenvalue weighted by Gasteiger charge is 2.36. The third-order valence-corrected chi connectivity index (χ3v) is 2.49. The molecule has 1 saturated heterocycles. The molecule has 1 aliphatic heterocycles. The molecule has 3 nitrogen and oxygen atoms in total. The number of hydrogen-bond donors (Lipinski definition) is 1. The highest BCUT2D eigenvalue weighted by atomic mass is 16.3. The fraction of sp³-hybridized carbons (Fsp3) is 0.545. The number of nitrogens with zero attached hydrogens (tertiary/aromatic N) is 2. The summed E-state index contributed by atoms with van der Waals surface area (Å²) < 4.78 is 0. The second-order valence-corrected chi connectivity index (χ2v) is 4.47. The van der Waals surface area contributed by atoms with E-state index in [0.29, 0.717) is 0 Å². The molecule has 0 aromatic carbocycles. The van der Waals surface area contributed by atoms with Gasteiger partial charge in [-0.1, -0.05) is 6.07 Å². The van der Waals surface area contributed by atoms with Crippen LogP contribution in [0, 0.1) is 6.92 Å². The van der Waals surface area contributed by atoms with Gasteiger partial charge in [0.2, 0.25) is 0 Å². The summed E-state index contributed by atoms with van der Waals surface area (Å²) in [7, 11) is 0. The van der Waals surface area contributed by atoms with E-state index in [1.807, 2.05) is 26.1 Å². The van der Waals surface area contributed by atoms with Crippen LogP contribution >= 0.6 is 0 Å². The standard InChI is InChI=1S/C11H16N2O/c1-9-3-4-10(12-5-9)6-13-7-11(2,14)8-13/h3-5,14H,6-8H2,1-2H3. The van der Waals surface area contributed by atoms with Crippen molar-refractivity contribution in [3.63, 3.8) is 0 Å². The highest BCUT2D eigenvalue weighted by molar-refractivity contribution is 5.12. The monoisotopic (exact) mass is 192 g/mol. The van der Waals surface area contributed by atoms with Gasteiger partial charge < -0.3 is 5.11 Å². The first kappa shape index (κ1) is 9.62. The zero-order valence-corrected chi connectivity index (χ0v) is 8.70. The molecule has 0 unspecified atom stereocenters. The fourth-order valence-corrected chi connectivity index (χ4v) is 1.85. The molecule has 1 aliphatic rings. The maximum absolute atomic E-state index is 9.54. The predicted molar refractivity (Wildman–Crippen MR) is 54.9 cm³/mol. The van der Waals surface area contributed by atoms with Gasteiger partial charge in [-0.3, -0.25) is 9.88 Å². The SMILES string of the molecule is Cc1ccc(CN2CC(C)(O)C2)nc1. The zero-order valence-electron chi connectivity index (χ0n) is 8.70. The number of aliphatic hydroxyl groups is 1. The van der Waals surface area contributed by atoms with Crippen LogP contribution in [0.5, 0.6) is 0 Å². The van der Waals surface area contributed by atoms with Gasteiger partial charge >= 0.3 is 0 Å². The number of likely N-dealkylation sites (tertiary alicyclic amines) is 1. The number of rotatable bonds is 2. The van der Waals surface area contributed by atoms with Crippen molar-refractivity contribution in [3.05, 3.63) is 29.6 Å². The predicted octanol–water partition coefficient (Wildman–Crippen LogP) is 0.957. The largest absolute Gasteiger partial charge is 0.388 e. The Balaban J connectivity index is 1.90. The first-order chi connectivity index (χ1) is 6.55. The first-order valence-electron chi connectivity index (χ1n) is 4.91. The molecular formula is C11H16N2O. The van der Waals surface area contributed by atoms with E-state index in [1.54, 1.807) is 0 Å². The first-order valence-corrected chi connectivity index (χ1v) is 4.91. The minimum atomic E-state index is -0.481. The van der Waals surface area contributed by atoms with E-state index in [2.05, 4.69) is 16.0 Å². The van der Waals surface area contributed by atoms with Gasteiger partial charge in [-0.05, 0) is 25.5 Å². The van der Waals surface area contributed by atoms with Crippen molar-refractivity contribution in [1.82, 2.24) is 9.88 Å². The lowest BCUT2D eigenvalue weighted by Crippen LogP contribution is -2.59. The fourth-order valence-electron chi connectivity index (χ4n) is 1.85. The Morgan fingerprint density at radius 2 is 2.21 bits per heavy atom. The quantitative estimate of drug-likeness (QED) is 0.758. The summed E-state index contributed by atoms with van der Waals surface area (Å²) in [6.07, 6.45) is 1.88. The van der Waals surface area contributed by atoms with E-state index in [4.69, 9.17) is 0 Å². The van der Waals surface area contributed by atoms with E-state index >= 15 is 0 Å². The maximum Gasteiger partial charge on any atom is 0.0872 e. The molecule has 0 spiro atoms. The van der Waals surface area contributed by atoms with Gasteiger partial charge in [0.15, 0.2) is 0 Å². The molecule has 14 heavy (non-hydrogen) atoms. The van der Waals surface area contributed by atoms with Gasteiger partial charge in [0.1, 0.15) is 0 Å². The molecule has 0 aliphatic carbocycles. The Morgan fingerprint density at radius 1 is 1.50 bits per heavy atom. The van der Waals surface area contributed by atoms with Gasteiger partial charge in [-0.25, -0.2) is 0 Å². The molecule has 1 fully saturated rings. The molecule has 0 atom stereocenters. The third-order valence-electron chi connectivity index (χ3n) is 2.49. The number of aromatic nitrogens is 1. The molecule has 1 N–H and O–H groups in total. The Hall–Kier alpha value is -0.930. The maximum atomic E-state index is 9.54. The average Bonchev–Trinajstić information content (AvgIpc) is 2.06. The average molecular weight is 192 g/mol. The number of hydrogen-bond acceptors (Lipinski definition) is 3. The van der Waals surface area contributed by atoms with Crippen LogP contribution in [0.25, 0.3) is 0 Å². The van der Waals surface area contributed by atoms with Crippen LogP contribution in [-0.4, -0.2) is 33.7 Å². The molecule has 0 saturated carbocycles. The van der Waals surface area contributed by atoms with Gasteiger partial charge in [0, 0.05) is 25.8 Å². The second-order valence-electron chi connectivity index (χ2n) is 4.47. The molecule has 2 rings (SSSR count). The molecule has 0 amide bonds. The summed E-state index contributed by atoms with van der Waals surface area (Å²) in [5.41, 5.74) is 1.78. The molecule has 2 heterocycles. The third kappa shape index (κ3) is 2.11. The van der Waals surface area contributed by atoms with Crippen molar-refractivity contribution in [2.75, 3.05) is 13.1 Å². The van der Waals surface area contributed by atoms with Crippen molar-refractivity contribution in [1.29, 1.82) is 0 Å².